The number of halogens is 1. The molecular formula is C11H12ClNO2. The van der Waals surface area contributed by atoms with Crippen molar-refractivity contribution >= 4 is 17.6 Å². The van der Waals surface area contributed by atoms with Gasteiger partial charge in [0.2, 0.25) is 0 Å². The van der Waals surface area contributed by atoms with Gasteiger partial charge in [0.25, 0.3) is 0 Å². The third kappa shape index (κ3) is 2.13. The summed E-state index contributed by atoms with van der Waals surface area (Å²) in [5.41, 5.74) is 6.44. The number of carbonyl (C=O) groups is 1. The molecule has 0 aromatic heterocycles. The summed E-state index contributed by atoms with van der Waals surface area (Å²) in [7, 11) is 0. The van der Waals surface area contributed by atoms with Gasteiger partial charge in [0.1, 0.15) is 6.10 Å². The van der Waals surface area contributed by atoms with E-state index in [0.717, 1.165) is 5.56 Å². The zero-order chi connectivity index (χ0) is 10.8. The molecule has 0 saturated carbocycles. The monoisotopic (exact) mass is 225 g/mol. The highest BCUT2D eigenvalue weighted by molar-refractivity contribution is 6.30. The van der Waals surface area contributed by atoms with Gasteiger partial charge >= 0.3 is 5.97 Å². The summed E-state index contributed by atoms with van der Waals surface area (Å²) in [4.78, 5) is 11.3. The van der Waals surface area contributed by atoms with Crippen LogP contribution >= 0.6 is 11.6 Å². The van der Waals surface area contributed by atoms with E-state index in [4.69, 9.17) is 22.1 Å². The molecule has 1 aliphatic heterocycles. The summed E-state index contributed by atoms with van der Waals surface area (Å²) >= 11 is 5.78. The third-order valence-electron chi connectivity index (χ3n) is 2.62. The third-order valence-corrected chi connectivity index (χ3v) is 2.87. The molecule has 0 bridgehead atoms. The number of ether oxygens (including phenoxy) is 1. The van der Waals surface area contributed by atoms with Crippen LogP contribution in [0.2, 0.25) is 5.02 Å². The summed E-state index contributed by atoms with van der Waals surface area (Å²) in [5, 5.41) is 0.679. The maximum absolute atomic E-state index is 11.3. The Morgan fingerprint density at radius 1 is 1.40 bits per heavy atom. The van der Waals surface area contributed by atoms with Crippen molar-refractivity contribution in [2.24, 2.45) is 11.7 Å². The molecule has 2 atom stereocenters. The lowest BCUT2D eigenvalue weighted by Gasteiger charge is -2.08. The van der Waals surface area contributed by atoms with E-state index in [1.54, 1.807) is 12.1 Å². The molecule has 1 aromatic rings. The van der Waals surface area contributed by atoms with Crippen LogP contribution in [0.1, 0.15) is 18.1 Å². The minimum atomic E-state index is -0.197. The molecule has 0 spiro atoms. The number of carbonyl (C=O) groups excluding carboxylic acids is 1. The van der Waals surface area contributed by atoms with Gasteiger partial charge in [0, 0.05) is 18.0 Å². The van der Waals surface area contributed by atoms with Crippen LogP contribution in [0.25, 0.3) is 0 Å². The fourth-order valence-electron chi connectivity index (χ4n) is 1.71. The molecule has 2 rings (SSSR count). The summed E-state index contributed by atoms with van der Waals surface area (Å²) in [5.74, 6) is -0.358. The van der Waals surface area contributed by atoms with Gasteiger partial charge in [-0.25, -0.2) is 0 Å². The van der Waals surface area contributed by atoms with Crippen LogP contribution in [0.3, 0.4) is 0 Å². The van der Waals surface area contributed by atoms with Crippen LogP contribution < -0.4 is 5.73 Å². The van der Waals surface area contributed by atoms with E-state index < -0.39 is 0 Å². The molecular weight excluding hydrogens is 214 g/mol. The lowest BCUT2D eigenvalue weighted by atomic mass is 10.0. The summed E-state index contributed by atoms with van der Waals surface area (Å²) in [6.45, 7) is 0.350. The highest BCUT2D eigenvalue weighted by Crippen LogP contribution is 2.33. The van der Waals surface area contributed by atoms with E-state index >= 15 is 0 Å². The Hall–Kier alpha value is -1.06. The van der Waals surface area contributed by atoms with Gasteiger partial charge < -0.3 is 10.5 Å². The van der Waals surface area contributed by atoms with E-state index in [1.165, 1.54) is 0 Å². The highest BCUT2D eigenvalue weighted by atomic mass is 35.5. The molecule has 1 fully saturated rings. The topological polar surface area (TPSA) is 52.3 Å². The minimum absolute atomic E-state index is 0.161. The highest BCUT2D eigenvalue weighted by Gasteiger charge is 2.34. The molecule has 1 heterocycles. The first kappa shape index (κ1) is 10.5. The average molecular weight is 226 g/mol. The van der Waals surface area contributed by atoms with E-state index in [0.29, 0.717) is 18.0 Å². The Kier molecular flexibility index (Phi) is 2.93. The second-order valence-electron chi connectivity index (χ2n) is 3.65. The molecule has 1 aromatic carbocycles. The zero-order valence-electron chi connectivity index (χ0n) is 8.15. The van der Waals surface area contributed by atoms with Gasteiger partial charge in [0.15, 0.2) is 0 Å². The molecule has 3 nitrogen and oxygen atoms in total. The summed E-state index contributed by atoms with van der Waals surface area (Å²) in [6.07, 6.45) is 0.500. The lowest BCUT2D eigenvalue weighted by Crippen LogP contribution is -2.18. The molecule has 2 N–H and O–H groups in total. The Labute approximate surface area is 93.2 Å². The number of benzene rings is 1. The number of hydrogen-bond acceptors (Lipinski definition) is 3. The van der Waals surface area contributed by atoms with Crippen molar-refractivity contribution in [3.63, 3.8) is 0 Å². The molecule has 2 unspecified atom stereocenters. The van der Waals surface area contributed by atoms with E-state index in [1.807, 2.05) is 12.1 Å². The van der Waals surface area contributed by atoms with Gasteiger partial charge in [-0.3, -0.25) is 4.79 Å². The number of esters is 1. The summed E-state index contributed by atoms with van der Waals surface area (Å²) in [6, 6.07) is 7.33. The number of cyclic esters (lactones) is 1. The first-order valence-corrected chi connectivity index (χ1v) is 5.24. The molecule has 80 valence electrons. The van der Waals surface area contributed by atoms with E-state index in [9.17, 15) is 4.79 Å². The number of nitrogens with two attached hydrogens (primary N) is 1. The van der Waals surface area contributed by atoms with Crippen molar-refractivity contribution in [1.29, 1.82) is 0 Å². The van der Waals surface area contributed by atoms with Crippen LogP contribution in [0.5, 0.6) is 0 Å². The van der Waals surface area contributed by atoms with Crippen molar-refractivity contribution in [3.05, 3.63) is 34.9 Å². The number of hydrogen-bond donors (Lipinski definition) is 1. The van der Waals surface area contributed by atoms with Crippen molar-refractivity contribution < 1.29 is 9.53 Å². The van der Waals surface area contributed by atoms with Crippen molar-refractivity contribution in [2.75, 3.05) is 6.54 Å². The van der Waals surface area contributed by atoms with Gasteiger partial charge in [-0.15, -0.1) is 0 Å². The second kappa shape index (κ2) is 4.21. The molecule has 15 heavy (non-hydrogen) atoms. The van der Waals surface area contributed by atoms with Crippen molar-refractivity contribution in [1.82, 2.24) is 0 Å². The van der Waals surface area contributed by atoms with E-state index in [2.05, 4.69) is 0 Å². The largest absolute Gasteiger partial charge is 0.457 e. The predicted molar refractivity (Wildman–Crippen MR) is 57.4 cm³/mol. The van der Waals surface area contributed by atoms with Crippen molar-refractivity contribution in [2.45, 2.75) is 12.5 Å². The average Bonchev–Trinajstić information content (AvgIpc) is 2.61. The quantitative estimate of drug-likeness (QED) is 0.783. The molecule has 1 aliphatic rings. The van der Waals surface area contributed by atoms with Crippen molar-refractivity contribution in [3.8, 4) is 0 Å². The fraction of sp³-hybridized carbons (Fsp3) is 0.364. The Morgan fingerprint density at radius 3 is 2.60 bits per heavy atom. The molecule has 4 heteroatoms. The molecule has 0 radical (unpaired) electrons. The lowest BCUT2D eigenvalue weighted by molar-refractivity contribution is -0.144. The number of rotatable bonds is 2. The first-order chi connectivity index (χ1) is 7.20. The minimum Gasteiger partial charge on any atom is -0.457 e. The Morgan fingerprint density at radius 2 is 2.07 bits per heavy atom. The van der Waals surface area contributed by atoms with Crippen LogP contribution in [0, 0.1) is 5.92 Å². The SMILES string of the molecule is NCC1CC(c2ccc(Cl)cc2)OC1=O. The van der Waals surface area contributed by atoms with Gasteiger partial charge in [-0.05, 0) is 17.7 Å². The van der Waals surface area contributed by atoms with Crippen LogP contribution in [-0.4, -0.2) is 12.5 Å². The maximum atomic E-state index is 11.3. The molecule has 0 aliphatic carbocycles. The summed E-state index contributed by atoms with van der Waals surface area (Å²) < 4.78 is 5.23. The van der Waals surface area contributed by atoms with Crippen LogP contribution in [-0.2, 0) is 9.53 Å². The first-order valence-electron chi connectivity index (χ1n) is 4.86. The fourth-order valence-corrected chi connectivity index (χ4v) is 1.84. The standard InChI is InChI=1S/C11H12ClNO2/c12-9-3-1-7(2-4-9)10-5-8(6-13)11(14)15-10/h1-4,8,10H,5-6,13H2. The predicted octanol–water partition coefficient (Wildman–Crippen LogP) is 1.90. The van der Waals surface area contributed by atoms with Gasteiger partial charge in [-0.2, -0.15) is 0 Å². The van der Waals surface area contributed by atoms with Gasteiger partial charge in [-0.1, -0.05) is 23.7 Å². The smallest absolute Gasteiger partial charge is 0.310 e. The second-order valence-corrected chi connectivity index (χ2v) is 4.08. The zero-order valence-corrected chi connectivity index (χ0v) is 8.91. The van der Waals surface area contributed by atoms with Crippen LogP contribution in [0.4, 0.5) is 0 Å². The normalized spacial score (nSPS) is 25.3. The molecule has 0 amide bonds. The maximum Gasteiger partial charge on any atom is 0.310 e. The molecule has 1 saturated heterocycles. The van der Waals surface area contributed by atoms with Crippen LogP contribution in [0.15, 0.2) is 24.3 Å². The Balaban J connectivity index is 2.13. The van der Waals surface area contributed by atoms with E-state index in [-0.39, 0.29) is 18.0 Å². The Bertz CT molecular complexity index is 363. The van der Waals surface area contributed by atoms with Gasteiger partial charge in [0.05, 0.1) is 5.92 Å².